The number of para-hydroxylation sites is 2. The average Bonchev–Trinajstić information content (AvgIpc) is 4.12. The molecule has 8 aromatic carbocycles. The summed E-state index contributed by atoms with van der Waals surface area (Å²) in [6.07, 6.45) is 4.94. The number of benzene rings is 8. The van der Waals surface area contributed by atoms with Gasteiger partial charge >= 0.3 is 330 Å². The van der Waals surface area contributed by atoms with E-state index in [1.807, 2.05) is 54.7 Å². The number of imidazole rings is 1. The molecule has 0 N–H and O–H groups in total. The van der Waals surface area contributed by atoms with Gasteiger partial charge in [0.05, 0.1) is 6.85 Å². The molecule has 3 aromatic heterocycles. The standard InChI is InChI=1S/C63H49N5O.Pt/c1-63(2,3)46-32-34-64-58(38-46)68-54-31-28-45(42-17-7-4-8-18-42)37-53(54)50-30-29-49(40-57(50)68)69-48-24-15-23-47(39-48)66-41-67(56-27-14-13-26-55(56)66)62-59(43-19-9-5-10-20-43)51-25-16-35-65-36-33-52(61(51)65)60(62)44-21-11-6-12-22-44;/h4-15,17-24,26-32,34,37-38H,16,25,33,35-36H2,1-3H3;/q-2;/i4D,7D,8D,17D,18D;. The molecule has 0 saturated heterocycles. The third kappa shape index (κ3) is 7.03. The Kier molecular flexibility index (Phi) is 9.00. The Morgan fingerprint density at radius 3 is 2.03 bits per heavy atom. The molecule has 0 fully saturated rings. The Labute approximate surface area is 426 Å². The zero-order valence-electron chi connectivity index (χ0n) is 43.9. The van der Waals surface area contributed by atoms with Crippen LogP contribution in [0.5, 0.6) is 11.5 Å². The number of hydrogen-bond acceptors (Lipinski definition) is 3. The van der Waals surface area contributed by atoms with Crippen LogP contribution in [0.3, 0.4) is 0 Å². The van der Waals surface area contributed by atoms with Gasteiger partial charge in [-0.3, -0.25) is 0 Å². The predicted molar refractivity (Wildman–Crippen MR) is 281 cm³/mol. The van der Waals surface area contributed by atoms with E-state index in [9.17, 15) is 0 Å². The number of hydrogen-bond donors (Lipinski definition) is 0. The van der Waals surface area contributed by atoms with E-state index in [1.165, 1.54) is 44.8 Å². The summed E-state index contributed by atoms with van der Waals surface area (Å²) in [4.78, 5) is 7.51. The molecule has 0 spiro atoms. The van der Waals surface area contributed by atoms with E-state index in [-0.39, 0.29) is 35.1 Å². The van der Waals surface area contributed by atoms with Crippen molar-refractivity contribution in [1.82, 2.24) is 18.7 Å². The zero-order valence-corrected chi connectivity index (χ0v) is 41.2. The van der Waals surface area contributed by atoms with E-state index in [0.717, 1.165) is 74.7 Å². The van der Waals surface area contributed by atoms with Gasteiger partial charge in [0.2, 0.25) is 0 Å². The molecule has 5 heterocycles. The van der Waals surface area contributed by atoms with Crippen LogP contribution in [-0.4, -0.2) is 31.8 Å². The minimum atomic E-state index is -0.424. The molecule has 0 saturated carbocycles. The molecule has 2 aliphatic rings. The van der Waals surface area contributed by atoms with Crippen molar-refractivity contribution in [3.8, 4) is 62.1 Å². The van der Waals surface area contributed by atoms with E-state index in [2.05, 4.69) is 168 Å². The van der Waals surface area contributed by atoms with Gasteiger partial charge in [0.25, 0.3) is 0 Å². The molecule has 70 heavy (non-hydrogen) atoms. The maximum atomic E-state index is 8.77. The molecule has 11 aromatic rings. The molecule has 0 radical (unpaired) electrons. The monoisotopic (exact) mass is 1090 g/mol. The summed E-state index contributed by atoms with van der Waals surface area (Å²) < 4.78 is 57.2. The summed E-state index contributed by atoms with van der Waals surface area (Å²) in [5, 5.41) is 1.65. The summed E-state index contributed by atoms with van der Waals surface area (Å²) in [7, 11) is 0. The van der Waals surface area contributed by atoms with Gasteiger partial charge in [0, 0.05) is 6.20 Å². The second-order valence-corrected chi connectivity index (χ2v) is 20.2. The summed E-state index contributed by atoms with van der Waals surface area (Å²) >= 11 is 2.51. The van der Waals surface area contributed by atoms with Gasteiger partial charge in [0.1, 0.15) is 0 Å². The summed E-state index contributed by atoms with van der Waals surface area (Å²) in [5.41, 5.74) is 16.5. The van der Waals surface area contributed by atoms with Crippen molar-refractivity contribution in [3.05, 3.63) is 215 Å². The molecule has 344 valence electrons. The average molecular weight is 1090 g/mol. The quantitative estimate of drug-likeness (QED) is 0.142. The summed E-state index contributed by atoms with van der Waals surface area (Å²) in [6.45, 7) is 8.61. The maximum absolute atomic E-state index is 8.77. The first kappa shape index (κ1) is 37.4. The minimum Gasteiger partial charge on any atom is -0.0617 e. The molecule has 6 nitrogen and oxygen atoms in total. The van der Waals surface area contributed by atoms with Crippen LogP contribution in [0.1, 0.15) is 50.7 Å². The molecule has 2 aliphatic heterocycles. The third-order valence-corrected chi connectivity index (χ3v) is 15.0. The Morgan fingerprint density at radius 1 is 0.586 bits per heavy atom. The van der Waals surface area contributed by atoms with Crippen LogP contribution >= 0.6 is 0 Å². The SMILES string of the molecule is [2H]c1c([2H])c([2H])c(-c2ccc3c(c2)c2ccc(Oc4[c-]c(-n5[c](=[Pt])n(-c6c(-c7ccccc7)c7c8c(c6-c6ccccc6)CCN8CCC7)c6ccccc65)ccc4)[c-]c2n3-c2cc(C(C)(C)C)ccn2)c([2H])c1[2H]. The topological polar surface area (TPSA) is 40.1 Å². The minimum absolute atomic E-state index is 0.147. The Hall–Kier alpha value is -7.53. The fraction of sp³-hybridized carbons (Fsp3) is 0.143. The number of rotatable bonds is 8. The third-order valence-electron chi connectivity index (χ3n) is 14.0. The Bertz CT molecular complexity index is 4190. The van der Waals surface area contributed by atoms with Crippen molar-refractivity contribution >= 4 is 38.5 Å². The van der Waals surface area contributed by atoms with Gasteiger partial charge < -0.3 is 0 Å². The first-order valence-corrected chi connectivity index (χ1v) is 25.0. The van der Waals surface area contributed by atoms with Gasteiger partial charge in [-0.25, -0.2) is 0 Å². The van der Waals surface area contributed by atoms with Crippen molar-refractivity contribution in [2.24, 2.45) is 0 Å². The molecule has 0 bridgehead atoms. The second kappa shape index (κ2) is 16.9. The molecular formula is C63H49N5OPt-2. The van der Waals surface area contributed by atoms with Gasteiger partial charge in [-0.05, 0) is 28.2 Å². The van der Waals surface area contributed by atoms with E-state index in [1.54, 1.807) is 0 Å². The van der Waals surface area contributed by atoms with E-state index < -0.39 is 6.04 Å². The number of pyridine rings is 1. The van der Waals surface area contributed by atoms with Crippen molar-refractivity contribution in [1.29, 1.82) is 0 Å². The van der Waals surface area contributed by atoms with E-state index in [0.29, 0.717) is 28.4 Å². The number of anilines is 1. The second-order valence-electron chi connectivity index (χ2n) is 19.2. The van der Waals surface area contributed by atoms with E-state index in [4.69, 9.17) is 16.6 Å². The molecule has 0 atom stereocenters. The van der Waals surface area contributed by atoms with Crippen molar-refractivity contribution in [2.75, 3.05) is 18.0 Å². The van der Waals surface area contributed by atoms with Crippen LogP contribution in [0.2, 0.25) is 0 Å². The van der Waals surface area contributed by atoms with Crippen LogP contribution < -0.4 is 9.64 Å². The number of nitrogens with zero attached hydrogens (tertiary/aromatic N) is 5. The molecule has 0 amide bonds. The first-order valence-electron chi connectivity index (χ1n) is 26.4. The van der Waals surface area contributed by atoms with Crippen LogP contribution in [-0.2, 0) is 37.6 Å². The molecule has 0 unspecified atom stereocenters. The van der Waals surface area contributed by atoms with Gasteiger partial charge in [0.15, 0.2) is 0 Å². The fourth-order valence-corrected chi connectivity index (χ4v) is 11.9. The van der Waals surface area contributed by atoms with Crippen molar-refractivity contribution in [3.63, 3.8) is 0 Å². The Balaban J connectivity index is 0.972. The summed E-state index contributed by atoms with van der Waals surface area (Å²) in [6, 6.07) is 55.8. The van der Waals surface area contributed by atoms with E-state index >= 15 is 0 Å². The fourth-order valence-electron chi connectivity index (χ4n) is 10.9. The van der Waals surface area contributed by atoms with Gasteiger partial charge in [-0.1, -0.05) is 57.0 Å². The van der Waals surface area contributed by atoms with Crippen LogP contribution in [0.25, 0.3) is 83.4 Å². The molecule has 0 aliphatic carbocycles. The number of fused-ring (bicyclic) bond motifs is 4. The number of aromatic nitrogens is 4. The predicted octanol–water partition coefficient (Wildman–Crippen LogP) is 15.0. The normalized spacial score (nSPS) is 14.4. The number of ether oxygens (including phenoxy) is 1. The molecule has 7 heteroatoms. The zero-order chi connectivity index (χ0) is 51.4. The van der Waals surface area contributed by atoms with Gasteiger partial charge in [-0.2, -0.15) is 0 Å². The van der Waals surface area contributed by atoms with Crippen molar-refractivity contribution < 1.29 is 30.9 Å². The van der Waals surface area contributed by atoms with Gasteiger partial charge in [-0.15, -0.1) is 0 Å². The molecular weight excluding hydrogens is 1040 g/mol. The summed E-state index contributed by atoms with van der Waals surface area (Å²) in [5.74, 6) is 1.68. The van der Waals surface area contributed by atoms with Crippen molar-refractivity contribution in [2.45, 2.75) is 45.4 Å². The van der Waals surface area contributed by atoms with Crippen LogP contribution in [0, 0.1) is 15.9 Å². The van der Waals surface area contributed by atoms with Crippen LogP contribution in [0.4, 0.5) is 5.69 Å². The first-order chi connectivity index (χ1) is 36.4. The Morgan fingerprint density at radius 2 is 1.29 bits per heavy atom. The van der Waals surface area contributed by atoms with Crippen LogP contribution in [0.15, 0.2) is 182 Å². The molecule has 13 rings (SSSR count). The smallest absolute Gasteiger partial charge is 0.0617 e.